The second-order valence-corrected chi connectivity index (χ2v) is 14.8. The molecule has 1 aromatic heterocycles. The Balaban J connectivity index is 1.44. The number of hydrogen-bond acceptors (Lipinski definition) is 4. The van der Waals surface area contributed by atoms with Crippen LogP contribution >= 0.6 is 0 Å². The van der Waals surface area contributed by atoms with Crippen molar-refractivity contribution in [3.63, 3.8) is 0 Å². The Hall–Kier alpha value is -5.16. The van der Waals surface area contributed by atoms with Gasteiger partial charge in [0.1, 0.15) is 0 Å². The number of hydrogen-bond donors (Lipinski definition) is 0. The molecule has 4 nitrogen and oxygen atoms in total. The molecular formula is C42H39BN4. The van der Waals surface area contributed by atoms with Crippen LogP contribution in [0.3, 0.4) is 0 Å². The summed E-state index contributed by atoms with van der Waals surface area (Å²) in [5, 5.41) is 0. The summed E-state index contributed by atoms with van der Waals surface area (Å²) in [6.45, 7) is 13.7. The van der Waals surface area contributed by atoms with E-state index in [1.54, 1.807) is 0 Å². The van der Waals surface area contributed by atoms with Gasteiger partial charge in [-0.15, -0.1) is 0 Å². The molecule has 5 heteroatoms. The fourth-order valence-corrected chi connectivity index (χ4v) is 7.25. The summed E-state index contributed by atoms with van der Waals surface area (Å²) < 4.78 is 0. The maximum Gasteiger partial charge on any atom is 0.252 e. The summed E-state index contributed by atoms with van der Waals surface area (Å²) in [6, 6.07) is 42.5. The van der Waals surface area contributed by atoms with Crippen LogP contribution in [0, 0.1) is 0 Å². The van der Waals surface area contributed by atoms with E-state index < -0.39 is 0 Å². The van der Waals surface area contributed by atoms with Gasteiger partial charge in [0.05, 0.1) is 0 Å². The smallest absolute Gasteiger partial charge is 0.252 e. The van der Waals surface area contributed by atoms with Gasteiger partial charge in [0.25, 0.3) is 6.71 Å². The molecule has 0 aliphatic carbocycles. The van der Waals surface area contributed by atoms with Crippen molar-refractivity contribution in [1.29, 1.82) is 0 Å². The molecule has 0 saturated heterocycles. The second-order valence-electron chi connectivity index (χ2n) is 14.8. The van der Waals surface area contributed by atoms with E-state index in [0.717, 1.165) is 28.3 Å². The number of para-hydroxylation sites is 2. The van der Waals surface area contributed by atoms with Gasteiger partial charge in [-0.25, -0.2) is 9.97 Å². The van der Waals surface area contributed by atoms with E-state index in [-0.39, 0.29) is 17.5 Å². The minimum absolute atomic E-state index is 0.0694. The van der Waals surface area contributed by atoms with E-state index in [4.69, 9.17) is 9.97 Å². The molecule has 8 rings (SSSR count). The number of fused-ring (bicyclic) bond motifs is 4. The highest BCUT2D eigenvalue weighted by molar-refractivity contribution is 7.00. The highest BCUT2D eigenvalue weighted by Crippen LogP contribution is 2.46. The monoisotopic (exact) mass is 610 g/mol. The molecule has 6 aromatic rings. The Bertz CT molecular complexity index is 1980. The maximum atomic E-state index is 4.72. The summed E-state index contributed by atoms with van der Waals surface area (Å²) in [6.07, 6.45) is 3.65. The average molecular weight is 611 g/mol. The van der Waals surface area contributed by atoms with Crippen molar-refractivity contribution in [3.05, 3.63) is 139 Å². The molecule has 0 N–H and O–H groups in total. The lowest BCUT2D eigenvalue weighted by Crippen LogP contribution is -2.61. The molecule has 0 radical (unpaired) electrons. The first-order chi connectivity index (χ1) is 22.6. The Morgan fingerprint density at radius 2 is 0.915 bits per heavy atom. The average Bonchev–Trinajstić information content (AvgIpc) is 3.08. The fourth-order valence-electron chi connectivity index (χ4n) is 7.25. The molecule has 2 aliphatic rings. The second kappa shape index (κ2) is 10.7. The predicted molar refractivity (Wildman–Crippen MR) is 199 cm³/mol. The zero-order valence-electron chi connectivity index (χ0n) is 28.0. The topological polar surface area (TPSA) is 32.3 Å². The fraction of sp³-hybridized carbons (Fsp3) is 0.190. The van der Waals surface area contributed by atoms with Crippen molar-refractivity contribution in [3.8, 4) is 11.4 Å². The highest BCUT2D eigenvalue weighted by atomic mass is 15.2. The third-order valence-corrected chi connectivity index (χ3v) is 9.69. The molecule has 0 saturated carbocycles. The molecule has 0 fully saturated rings. The largest absolute Gasteiger partial charge is 0.311 e. The van der Waals surface area contributed by atoms with Crippen LogP contribution in [0.5, 0.6) is 0 Å². The van der Waals surface area contributed by atoms with Crippen molar-refractivity contribution in [2.45, 2.75) is 52.4 Å². The van der Waals surface area contributed by atoms with Crippen LogP contribution in [0.1, 0.15) is 52.7 Å². The quantitative estimate of drug-likeness (QED) is 0.187. The van der Waals surface area contributed by atoms with Crippen molar-refractivity contribution in [1.82, 2.24) is 9.97 Å². The SMILES string of the molecule is CC(C)(C)c1ccc(N2c3ccccc3B3c4ccccc4N(c4ccc(C(C)(C)C)cc4)c4cc(-c5ncccn5)cc2c43)cc1. The van der Waals surface area contributed by atoms with Crippen molar-refractivity contribution >= 4 is 57.2 Å². The first-order valence-electron chi connectivity index (χ1n) is 16.5. The molecule has 5 aromatic carbocycles. The Morgan fingerprint density at radius 3 is 1.34 bits per heavy atom. The molecule has 3 heterocycles. The molecule has 0 bridgehead atoms. The first-order valence-corrected chi connectivity index (χ1v) is 16.5. The molecule has 0 amide bonds. The first kappa shape index (κ1) is 29.3. The Kier molecular flexibility index (Phi) is 6.66. The van der Waals surface area contributed by atoms with Crippen molar-refractivity contribution < 1.29 is 0 Å². The van der Waals surface area contributed by atoms with Crippen LogP contribution in [-0.2, 0) is 10.8 Å². The van der Waals surface area contributed by atoms with E-state index in [0.29, 0.717) is 5.82 Å². The van der Waals surface area contributed by atoms with Crippen LogP contribution < -0.4 is 26.2 Å². The van der Waals surface area contributed by atoms with Crippen molar-refractivity contribution in [2.75, 3.05) is 9.80 Å². The summed E-state index contributed by atoms with van der Waals surface area (Å²) in [5.41, 5.74) is 14.6. The normalized spacial score (nSPS) is 13.6. The maximum absolute atomic E-state index is 4.72. The van der Waals surface area contributed by atoms with E-state index in [1.165, 1.54) is 38.9 Å². The van der Waals surface area contributed by atoms with E-state index in [1.807, 2.05) is 18.5 Å². The zero-order chi connectivity index (χ0) is 32.5. The molecule has 47 heavy (non-hydrogen) atoms. The van der Waals surface area contributed by atoms with Gasteiger partial charge >= 0.3 is 0 Å². The van der Waals surface area contributed by atoms with E-state index in [2.05, 4.69) is 161 Å². The van der Waals surface area contributed by atoms with Gasteiger partial charge in [-0.2, -0.15) is 0 Å². The van der Waals surface area contributed by atoms with Crippen LogP contribution in [0.15, 0.2) is 128 Å². The summed E-state index contributed by atoms with van der Waals surface area (Å²) in [4.78, 5) is 14.3. The molecule has 230 valence electrons. The number of nitrogens with zero attached hydrogens (tertiary/aromatic N) is 4. The molecule has 0 unspecified atom stereocenters. The predicted octanol–water partition coefficient (Wildman–Crippen LogP) is 8.82. The van der Waals surface area contributed by atoms with Gasteiger partial charge in [-0.1, -0.05) is 102 Å². The van der Waals surface area contributed by atoms with Gasteiger partial charge < -0.3 is 9.80 Å². The minimum Gasteiger partial charge on any atom is -0.311 e. The molecule has 0 atom stereocenters. The summed E-state index contributed by atoms with van der Waals surface area (Å²) in [7, 11) is 0. The van der Waals surface area contributed by atoms with Crippen molar-refractivity contribution in [2.24, 2.45) is 0 Å². The third-order valence-electron chi connectivity index (χ3n) is 9.69. The number of benzene rings is 5. The standard InChI is InChI=1S/C42H39BN4/c1-41(2,3)29-16-20-31(21-17-29)46-35-14-9-7-12-33(35)43-34-13-8-10-15-36(34)47(32-22-18-30(19-23-32)42(4,5)6)38-27-28(26-37(46)39(38)43)40-44-24-11-25-45-40/h7-27H,1-6H3. The lowest BCUT2D eigenvalue weighted by Gasteiger charge is -2.44. The zero-order valence-corrected chi connectivity index (χ0v) is 28.0. The third kappa shape index (κ3) is 4.84. The number of aromatic nitrogens is 2. The highest BCUT2D eigenvalue weighted by Gasteiger charge is 2.43. The van der Waals surface area contributed by atoms with Gasteiger partial charge in [-0.05, 0) is 92.9 Å². The minimum atomic E-state index is 0.0694. The van der Waals surface area contributed by atoms with E-state index in [9.17, 15) is 0 Å². The van der Waals surface area contributed by atoms with Gasteiger partial charge in [0.15, 0.2) is 5.82 Å². The van der Waals surface area contributed by atoms with Crippen LogP contribution in [-0.4, -0.2) is 16.7 Å². The van der Waals surface area contributed by atoms with Crippen LogP contribution in [0.2, 0.25) is 0 Å². The Labute approximate surface area is 278 Å². The molecule has 0 spiro atoms. The molecular weight excluding hydrogens is 571 g/mol. The number of rotatable bonds is 3. The van der Waals surface area contributed by atoms with Gasteiger partial charge in [0.2, 0.25) is 0 Å². The van der Waals surface area contributed by atoms with Gasteiger partial charge in [-0.3, -0.25) is 0 Å². The number of anilines is 6. The lowest BCUT2D eigenvalue weighted by atomic mass is 9.33. The molecule has 2 aliphatic heterocycles. The van der Waals surface area contributed by atoms with Crippen LogP contribution in [0.25, 0.3) is 11.4 Å². The summed E-state index contributed by atoms with van der Waals surface area (Å²) >= 11 is 0. The van der Waals surface area contributed by atoms with Gasteiger partial charge in [0, 0.05) is 52.1 Å². The lowest BCUT2D eigenvalue weighted by molar-refractivity contribution is 0.590. The Morgan fingerprint density at radius 1 is 0.489 bits per heavy atom. The van der Waals surface area contributed by atoms with Crippen LogP contribution in [0.4, 0.5) is 34.1 Å². The summed E-state index contributed by atoms with van der Waals surface area (Å²) in [5.74, 6) is 0.715. The van der Waals surface area contributed by atoms with E-state index >= 15 is 0 Å².